The van der Waals surface area contributed by atoms with Crippen LogP contribution in [0, 0.1) is 17.1 Å². The normalized spacial score (nSPS) is 11.5. The monoisotopic (exact) mass is 292 g/mol. The van der Waals surface area contributed by atoms with E-state index in [2.05, 4.69) is 6.07 Å². The third-order valence-electron chi connectivity index (χ3n) is 3.22. The van der Waals surface area contributed by atoms with Crippen molar-refractivity contribution in [3.8, 4) is 6.07 Å². The average Bonchev–Trinajstić information content (AvgIpc) is 2.52. The molecule has 0 N–H and O–H groups in total. The van der Waals surface area contributed by atoms with Crippen molar-refractivity contribution >= 4 is 17.3 Å². The molecular formula is C19H17FN2. The van der Waals surface area contributed by atoms with Gasteiger partial charge in [0.2, 0.25) is 0 Å². The molecule has 0 saturated heterocycles. The van der Waals surface area contributed by atoms with Gasteiger partial charge in [-0.25, -0.2) is 4.39 Å². The molecule has 110 valence electrons. The van der Waals surface area contributed by atoms with Gasteiger partial charge in [0.15, 0.2) is 0 Å². The predicted molar refractivity (Wildman–Crippen MR) is 89.8 cm³/mol. The fourth-order valence-corrected chi connectivity index (χ4v) is 1.99. The molecule has 0 unspecified atom stereocenters. The third kappa shape index (κ3) is 4.07. The summed E-state index contributed by atoms with van der Waals surface area (Å²) < 4.78 is 13.2. The first kappa shape index (κ1) is 15.5. The van der Waals surface area contributed by atoms with Gasteiger partial charge in [0.1, 0.15) is 5.82 Å². The summed E-state index contributed by atoms with van der Waals surface area (Å²) in [6.07, 6.45) is 5.40. The van der Waals surface area contributed by atoms with Gasteiger partial charge in [-0.15, -0.1) is 0 Å². The van der Waals surface area contributed by atoms with Gasteiger partial charge in [0, 0.05) is 19.8 Å². The highest BCUT2D eigenvalue weighted by atomic mass is 19.1. The van der Waals surface area contributed by atoms with Crippen LogP contribution in [0.3, 0.4) is 0 Å². The Balaban J connectivity index is 2.16. The number of benzene rings is 2. The lowest BCUT2D eigenvalue weighted by Crippen LogP contribution is -2.07. The number of halogens is 1. The predicted octanol–water partition coefficient (Wildman–Crippen LogP) is 4.51. The van der Waals surface area contributed by atoms with Crippen LogP contribution >= 0.6 is 0 Å². The number of nitrogens with zero attached hydrogens (tertiary/aromatic N) is 2. The third-order valence-corrected chi connectivity index (χ3v) is 3.22. The fraction of sp³-hybridized carbons (Fsp3) is 0.105. The van der Waals surface area contributed by atoms with Crippen molar-refractivity contribution in [2.45, 2.75) is 0 Å². The molecule has 0 aliphatic heterocycles. The van der Waals surface area contributed by atoms with Gasteiger partial charge in [0.05, 0.1) is 11.6 Å². The van der Waals surface area contributed by atoms with E-state index in [1.54, 1.807) is 24.3 Å². The maximum absolute atomic E-state index is 13.2. The molecule has 0 fully saturated rings. The number of rotatable bonds is 4. The van der Waals surface area contributed by atoms with Crippen molar-refractivity contribution in [3.63, 3.8) is 0 Å². The lowest BCUT2D eigenvalue weighted by Gasteiger charge is -2.11. The molecular weight excluding hydrogens is 275 g/mol. The molecule has 2 aromatic carbocycles. The highest BCUT2D eigenvalue weighted by molar-refractivity contribution is 5.78. The van der Waals surface area contributed by atoms with E-state index in [1.807, 2.05) is 49.3 Å². The molecule has 2 nitrogen and oxygen atoms in total. The first-order chi connectivity index (χ1) is 10.6. The van der Waals surface area contributed by atoms with Crippen LogP contribution in [0.2, 0.25) is 0 Å². The van der Waals surface area contributed by atoms with Gasteiger partial charge in [-0.1, -0.05) is 36.4 Å². The van der Waals surface area contributed by atoms with Gasteiger partial charge in [-0.2, -0.15) is 5.26 Å². The number of allylic oxidation sites excluding steroid dienone is 3. The van der Waals surface area contributed by atoms with Crippen LogP contribution in [-0.4, -0.2) is 14.1 Å². The van der Waals surface area contributed by atoms with Crippen molar-refractivity contribution in [2.24, 2.45) is 0 Å². The van der Waals surface area contributed by atoms with Gasteiger partial charge in [0.25, 0.3) is 0 Å². The lowest BCUT2D eigenvalue weighted by atomic mass is 10.1. The van der Waals surface area contributed by atoms with Crippen molar-refractivity contribution in [3.05, 3.63) is 77.6 Å². The number of nitriles is 1. The van der Waals surface area contributed by atoms with Crippen LogP contribution < -0.4 is 4.90 Å². The molecule has 0 aliphatic carbocycles. The largest absolute Gasteiger partial charge is 0.378 e. The Hall–Kier alpha value is -2.86. The summed E-state index contributed by atoms with van der Waals surface area (Å²) in [4.78, 5) is 2.03. The highest BCUT2D eigenvalue weighted by Gasteiger charge is 2.00. The van der Waals surface area contributed by atoms with E-state index < -0.39 is 0 Å². The Morgan fingerprint density at radius 2 is 1.86 bits per heavy atom. The van der Waals surface area contributed by atoms with E-state index >= 15 is 0 Å². The maximum Gasteiger partial charge on any atom is 0.123 e. The number of hydrogen-bond donors (Lipinski definition) is 0. The second-order valence-corrected chi connectivity index (χ2v) is 5.05. The van der Waals surface area contributed by atoms with Crippen LogP contribution in [0.5, 0.6) is 0 Å². The Morgan fingerprint density at radius 1 is 1.14 bits per heavy atom. The molecule has 0 amide bonds. The molecule has 0 heterocycles. The maximum atomic E-state index is 13.2. The van der Waals surface area contributed by atoms with Crippen LogP contribution in [0.15, 0.2) is 60.7 Å². The molecule has 2 rings (SSSR count). The summed E-state index contributed by atoms with van der Waals surface area (Å²) in [5.74, 6) is -0.345. The molecule has 0 bridgehead atoms. The van der Waals surface area contributed by atoms with E-state index in [1.165, 1.54) is 12.1 Å². The average molecular weight is 292 g/mol. The fourth-order valence-electron chi connectivity index (χ4n) is 1.99. The van der Waals surface area contributed by atoms with E-state index in [0.29, 0.717) is 11.1 Å². The van der Waals surface area contributed by atoms with E-state index in [9.17, 15) is 9.65 Å². The summed E-state index contributed by atoms with van der Waals surface area (Å²) in [6.45, 7) is 0. The first-order valence-corrected chi connectivity index (χ1v) is 6.92. The Kier molecular flexibility index (Phi) is 5.11. The van der Waals surface area contributed by atoms with Crippen LogP contribution in [0.4, 0.5) is 10.1 Å². The van der Waals surface area contributed by atoms with Gasteiger partial charge >= 0.3 is 0 Å². The van der Waals surface area contributed by atoms with Crippen LogP contribution in [0.1, 0.15) is 11.1 Å². The molecule has 2 aromatic rings. The second-order valence-electron chi connectivity index (χ2n) is 5.05. The summed E-state index contributed by atoms with van der Waals surface area (Å²) in [7, 11) is 3.98. The molecule has 0 saturated carbocycles. The minimum Gasteiger partial charge on any atom is -0.378 e. The standard InChI is InChI=1S/C19H17FN2/c1-22(2)19-11-9-15(10-12-19)5-3-7-17(14-21)16-6-4-8-18(20)13-16/h3-13H,1-2H3. The van der Waals surface area contributed by atoms with Crippen LogP contribution in [-0.2, 0) is 0 Å². The summed E-state index contributed by atoms with van der Waals surface area (Å²) in [5.41, 5.74) is 3.18. The lowest BCUT2D eigenvalue weighted by molar-refractivity contribution is 0.627. The van der Waals surface area contributed by atoms with E-state index in [0.717, 1.165) is 11.3 Å². The second kappa shape index (κ2) is 7.24. The number of hydrogen-bond acceptors (Lipinski definition) is 2. The smallest absolute Gasteiger partial charge is 0.123 e. The van der Waals surface area contributed by atoms with Crippen molar-refractivity contribution in [1.29, 1.82) is 5.26 Å². The molecule has 0 aromatic heterocycles. The minimum atomic E-state index is -0.345. The quantitative estimate of drug-likeness (QED) is 0.612. The Morgan fingerprint density at radius 3 is 2.45 bits per heavy atom. The molecule has 22 heavy (non-hydrogen) atoms. The zero-order chi connectivity index (χ0) is 15.9. The van der Waals surface area contributed by atoms with E-state index in [-0.39, 0.29) is 5.82 Å². The molecule has 3 heteroatoms. The van der Waals surface area contributed by atoms with Gasteiger partial charge in [-0.3, -0.25) is 0 Å². The molecule has 0 spiro atoms. The SMILES string of the molecule is CN(C)c1ccc(C=CC=C(C#N)c2cccc(F)c2)cc1. The van der Waals surface area contributed by atoms with Crippen molar-refractivity contribution in [1.82, 2.24) is 0 Å². The van der Waals surface area contributed by atoms with Crippen molar-refractivity contribution < 1.29 is 4.39 Å². The van der Waals surface area contributed by atoms with Gasteiger partial charge in [-0.05, 0) is 41.5 Å². The van der Waals surface area contributed by atoms with Crippen LogP contribution in [0.25, 0.3) is 11.6 Å². The van der Waals surface area contributed by atoms with Crippen molar-refractivity contribution in [2.75, 3.05) is 19.0 Å². The Bertz CT molecular complexity index is 735. The zero-order valence-electron chi connectivity index (χ0n) is 12.6. The first-order valence-electron chi connectivity index (χ1n) is 6.92. The minimum absolute atomic E-state index is 0.345. The molecule has 0 radical (unpaired) electrons. The highest BCUT2D eigenvalue weighted by Crippen LogP contribution is 2.16. The number of anilines is 1. The summed E-state index contributed by atoms with van der Waals surface area (Å²) in [5, 5.41) is 9.18. The molecule has 0 atom stereocenters. The van der Waals surface area contributed by atoms with Gasteiger partial charge < -0.3 is 4.90 Å². The molecule has 0 aliphatic rings. The summed E-state index contributed by atoms with van der Waals surface area (Å²) >= 11 is 0. The zero-order valence-corrected chi connectivity index (χ0v) is 12.6. The topological polar surface area (TPSA) is 27.0 Å². The Labute approximate surface area is 130 Å². The van der Waals surface area contributed by atoms with E-state index in [4.69, 9.17) is 0 Å². The summed E-state index contributed by atoms with van der Waals surface area (Å²) in [6, 6.07) is 16.2.